The molecule has 1 aromatic heterocycles. The van der Waals surface area contributed by atoms with Crippen LogP contribution in [0, 0.1) is 6.33 Å². The molecule has 0 amide bonds. The van der Waals surface area contributed by atoms with Gasteiger partial charge in [0.25, 0.3) is 0 Å². The first-order valence-electron chi connectivity index (χ1n) is 1.35. The molecule has 9 heavy (non-hydrogen) atoms. The van der Waals surface area contributed by atoms with Crippen molar-refractivity contribution in [3.63, 3.8) is 0 Å². The van der Waals surface area contributed by atoms with Gasteiger partial charge in [0, 0.05) is 0 Å². The molecule has 0 aliphatic rings. The number of nitrogens with zero attached hydrogens (tertiary/aromatic N) is 1. The molecule has 0 saturated carbocycles. The Hall–Kier alpha value is 0.963. The van der Waals surface area contributed by atoms with Gasteiger partial charge in [0.05, 0.1) is 0 Å². The third kappa shape index (κ3) is 12.2. The Morgan fingerprint density at radius 2 is 1.78 bits per heavy atom. The predicted molar refractivity (Wildman–Crippen MR) is 17.4 cm³/mol. The summed E-state index contributed by atoms with van der Waals surface area (Å²) in [7, 11) is 0. The first-order valence-corrected chi connectivity index (χ1v) is 1.35. The van der Waals surface area contributed by atoms with Gasteiger partial charge in [-0.25, -0.2) is 0 Å². The SMILES string of the molecule is [Cl-].[Cl-].[Cl-].[Zr+4].[c-]1ncc[nH]1. The van der Waals surface area contributed by atoms with Gasteiger partial charge in [-0.05, 0) is 6.33 Å². The van der Waals surface area contributed by atoms with Crippen LogP contribution in [0.1, 0.15) is 0 Å². The van der Waals surface area contributed by atoms with E-state index in [9.17, 15) is 0 Å². The molecule has 1 aromatic rings. The van der Waals surface area contributed by atoms with Crippen LogP contribution in [0.5, 0.6) is 0 Å². The number of rotatable bonds is 0. The van der Waals surface area contributed by atoms with E-state index in [1.54, 1.807) is 12.4 Å². The van der Waals surface area contributed by atoms with E-state index in [0.717, 1.165) is 0 Å². The van der Waals surface area contributed by atoms with Crippen LogP contribution in [0.15, 0.2) is 12.4 Å². The molecule has 6 heteroatoms. The molecule has 1 rings (SSSR count). The molecule has 0 aliphatic carbocycles. The second-order valence-corrected chi connectivity index (χ2v) is 0.701. The second kappa shape index (κ2) is 16.0. The Morgan fingerprint density at radius 1 is 1.22 bits per heavy atom. The minimum atomic E-state index is 0. The quantitative estimate of drug-likeness (QED) is 0.464. The maximum Gasteiger partial charge on any atom is 4.00 e. The van der Waals surface area contributed by atoms with E-state index in [4.69, 9.17) is 0 Å². The van der Waals surface area contributed by atoms with Crippen molar-refractivity contribution in [2.45, 2.75) is 0 Å². The Bertz CT molecular complexity index is 73.5. The predicted octanol–water partition coefficient (Wildman–Crippen LogP) is -8.78. The summed E-state index contributed by atoms with van der Waals surface area (Å²) in [6.07, 6.45) is 5.83. The summed E-state index contributed by atoms with van der Waals surface area (Å²) < 4.78 is 0. The van der Waals surface area contributed by atoms with Crippen molar-refractivity contribution in [2.75, 3.05) is 0 Å². The Labute approximate surface area is 91.6 Å². The summed E-state index contributed by atoms with van der Waals surface area (Å²) in [5, 5.41) is 0. The normalized spacial score (nSPS) is 4.44. The number of nitrogens with one attached hydrogen (secondary N) is 1. The molecule has 1 heterocycles. The van der Waals surface area contributed by atoms with Crippen LogP contribution in [0.3, 0.4) is 0 Å². The number of imidazole rings is 1. The second-order valence-electron chi connectivity index (χ2n) is 0.701. The van der Waals surface area contributed by atoms with E-state index < -0.39 is 0 Å². The van der Waals surface area contributed by atoms with E-state index in [1.165, 1.54) is 0 Å². The zero-order valence-electron chi connectivity index (χ0n) is 4.24. The number of hydrogen-bond acceptors (Lipinski definition) is 1. The Kier molecular flexibility index (Phi) is 40.0. The molecule has 0 saturated heterocycles. The minimum Gasteiger partial charge on any atom is -1.00 e. The third-order valence-electron chi connectivity index (χ3n) is 0.362. The zero-order valence-corrected chi connectivity index (χ0v) is 8.96. The summed E-state index contributed by atoms with van der Waals surface area (Å²) >= 11 is 0. The fourth-order valence-electron chi connectivity index (χ4n) is 0.186. The van der Waals surface area contributed by atoms with Gasteiger partial charge in [-0.15, -0.1) is 12.4 Å². The summed E-state index contributed by atoms with van der Waals surface area (Å²) in [6, 6.07) is 0. The summed E-state index contributed by atoms with van der Waals surface area (Å²) in [6.45, 7) is 0. The van der Waals surface area contributed by atoms with Crippen LogP contribution < -0.4 is 37.2 Å². The van der Waals surface area contributed by atoms with Gasteiger partial charge in [-0.2, -0.15) is 0 Å². The van der Waals surface area contributed by atoms with E-state index in [0.29, 0.717) is 0 Å². The van der Waals surface area contributed by atoms with Crippen LogP contribution >= 0.6 is 0 Å². The van der Waals surface area contributed by atoms with Crippen LogP contribution in [-0.4, -0.2) is 9.97 Å². The maximum atomic E-state index is 3.54. The monoisotopic (exact) mass is 262 g/mol. The fraction of sp³-hybridized carbons (Fsp3) is 0. The molecule has 0 radical (unpaired) electrons. The van der Waals surface area contributed by atoms with Crippen molar-refractivity contribution in [2.24, 2.45) is 0 Å². The number of H-pyrrole nitrogens is 1. The van der Waals surface area contributed by atoms with E-state index in [-0.39, 0.29) is 63.4 Å². The van der Waals surface area contributed by atoms with Crippen molar-refractivity contribution >= 4 is 0 Å². The first kappa shape index (κ1) is 22.5. The first-order chi connectivity index (χ1) is 2.50. The van der Waals surface area contributed by atoms with Gasteiger partial charge >= 0.3 is 26.2 Å². The topological polar surface area (TPSA) is 28.7 Å². The molecular formula is C3H3Cl3N2Zr. The van der Waals surface area contributed by atoms with Gasteiger partial charge in [-0.1, -0.05) is 0 Å². The Morgan fingerprint density at radius 3 is 1.89 bits per heavy atom. The molecule has 1 N–H and O–H groups in total. The van der Waals surface area contributed by atoms with Crippen molar-refractivity contribution in [3.05, 3.63) is 18.7 Å². The Balaban J connectivity index is -0.0000000312. The molecule has 0 unspecified atom stereocenters. The van der Waals surface area contributed by atoms with E-state index >= 15 is 0 Å². The molecule has 0 aliphatic heterocycles. The summed E-state index contributed by atoms with van der Waals surface area (Å²) in [5.41, 5.74) is 0. The summed E-state index contributed by atoms with van der Waals surface area (Å²) in [4.78, 5) is 6.17. The standard InChI is InChI=1S/C3H3N2.3ClH.Zr/c1-2-5-3-4-1;;;;/h1-2H,(H,4,5);3*1H;/q-1;;;;+4/p-3. The number of aromatic nitrogens is 2. The molecular weight excluding hydrogens is 262 g/mol. The fourth-order valence-corrected chi connectivity index (χ4v) is 0.186. The van der Waals surface area contributed by atoms with Gasteiger partial charge < -0.3 is 47.2 Å². The molecule has 0 fully saturated rings. The zero-order chi connectivity index (χ0) is 3.54. The van der Waals surface area contributed by atoms with Crippen molar-refractivity contribution in [3.8, 4) is 0 Å². The van der Waals surface area contributed by atoms with Crippen LogP contribution in [0.2, 0.25) is 0 Å². The van der Waals surface area contributed by atoms with E-state index in [1.807, 2.05) is 0 Å². The molecule has 0 atom stereocenters. The van der Waals surface area contributed by atoms with Gasteiger partial charge in [0.15, 0.2) is 0 Å². The van der Waals surface area contributed by atoms with Crippen molar-refractivity contribution < 1.29 is 63.4 Å². The average molecular weight is 265 g/mol. The van der Waals surface area contributed by atoms with E-state index in [2.05, 4.69) is 16.3 Å². The van der Waals surface area contributed by atoms with Crippen LogP contribution in [0.25, 0.3) is 0 Å². The molecule has 0 aromatic carbocycles. The molecule has 50 valence electrons. The molecule has 0 spiro atoms. The van der Waals surface area contributed by atoms with Gasteiger partial charge in [0.2, 0.25) is 0 Å². The molecule has 2 nitrogen and oxygen atoms in total. The smallest absolute Gasteiger partial charge is 1.00 e. The van der Waals surface area contributed by atoms with Gasteiger partial charge in [0.1, 0.15) is 0 Å². The van der Waals surface area contributed by atoms with Crippen molar-refractivity contribution in [1.29, 1.82) is 0 Å². The minimum absolute atomic E-state index is 0. The average Bonchev–Trinajstić information content (AvgIpc) is 1.76. The summed E-state index contributed by atoms with van der Waals surface area (Å²) in [5.74, 6) is 0. The maximum absolute atomic E-state index is 3.54. The largest absolute Gasteiger partial charge is 4.00 e. The third-order valence-corrected chi connectivity index (χ3v) is 0.362. The number of halogens is 3. The van der Waals surface area contributed by atoms with Crippen LogP contribution in [0.4, 0.5) is 0 Å². The van der Waals surface area contributed by atoms with Crippen molar-refractivity contribution in [1.82, 2.24) is 9.97 Å². The number of aromatic amines is 1. The molecule has 0 bridgehead atoms. The van der Waals surface area contributed by atoms with Gasteiger partial charge in [-0.3, -0.25) is 0 Å². The number of hydrogen-bond donors (Lipinski definition) is 1. The van der Waals surface area contributed by atoms with Crippen LogP contribution in [-0.2, 0) is 26.2 Å².